The molecule has 1 aromatic heterocycles. The van der Waals surface area contributed by atoms with Crippen molar-refractivity contribution in [3.63, 3.8) is 0 Å². The van der Waals surface area contributed by atoms with Crippen LogP contribution in [-0.2, 0) is 20.7 Å². The van der Waals surface area contributed by atoms with Gasteiger partial charge in [0.2, 0.25) is 11.8 Å². The molecular weight excluding hydrogens is 460 g/mol. The van der Waals surface area contributed by atoms with E-state index in [1.807, 2.05) is 47.8 Å². The monoisotopic (exact) mass is 490 g/mol. The molecular formula is C28H30N2O4S. The number of thiophene rings is 1. The Kier molecular flexibility index (Phi) is 8.32. The Morgan fingerprint density at radius 2 is 1.71 bits per heavy atom. The van der Waals surface area contributed by atoms with E-state index in [1.165, 1.54) is 11.3 Å². The second-order valence-electron chi connectivity index (χ2n) is 8.59. The first-order chi connectivity index (χ1) is 17.1. The van der Waals surface area contributed by atoms with E-state index in [-0.39, 0.29) is 30.9 Å². The third kappa shape index (κ3) is 6.17. The highest BCUT2D eigenvalue weighted by molar-refractivity contribution is 7.10. The predicted molar refractivity (Wildman–Crippen MR) is 137 cm³/mol. The van der Waals surface area contributed by atoms with Crippen molar-refractivity contribution < 1.29 is 19.1 Å². The van der Waals surface area contributed by atoms with Gasteiger partial charge in [-0.3, -0.25) is 14.5 Å². The Hall–Kier alpha value is -3.45. The lowest BCUT2D eigenvalue weighted by Crippen LogP contribution is -2.46. The molecule has 1 N–H and O–H groups in total. The molecule has 1 saturated carbocycles. The molecule has 0 aliphatic heterocycles. The number of benzene rings is 2. The minimum atomic E-state index is -0.835. The van der Waals surface area contributed by atoms with E-state index in [2.05, 4.69) is 5.32 Å². The zero-order valence-electron chi connectivity index (χ0n) is 19.8. The summed E-state index contributed by atoms with van der Waals surface area (Å²) in [6, 6.07) is 19.2. The Morgan fingerprint density at radius 3 is 2.34 bits per heavy atom. The molecule has 0 unspecified atom stereocenters. The molecule has 1 fully saturated rings. The van der Waals surface area contributed by atoms with Crippen LogP contribution in [0.3, 0.4) is 0 Å². The van der Waals surface area contributed by atoms with Crippen molar-refractivity contribution in [2.24, 2.45) is 0 Å². The fourth-order valence-electron chi connectivity index (χ4n) is 4.46. The summed E-state index contributed by atoms with van der Waals surface area (Å²) in [5.74, 6) is -0.807. The minimum Gasteiger partial charge on any atom is -0.462 e. The predicted octanol–water partition coefficient (Wildman–Crippen LogP) is 5.30. The van der Waals surface area contributed by atoms with Gasteiger partial charge in [-0.2, -0.15) is 0 Å². The molecule has 182 valence electrons. The number of anilines is 1. The molecule has 35 heavy (non-hydrogen) atoms. The normalized spacial score (nSPS) is 14.3. The van der Waals surface area contributed by atoms with E-state index in [0.29, 0.717) is 11.3 Å². The highest BCUT2D eigenvalue weighted by Gasteiger charge is 2.34. The number of carbonyl (C=O) groups excluding carboxylic acids is 3. The van der Waals surface area contributed by atoms with Crippen LogP contribution in [0.1, 0.15) is 59.4 Å². The SMILES string of the molecule is CCOC(=O)c1ccc(N(C(=O)Cc2cccs2)[C@H](C(=O)NC2CCCC2)c2ccccc2)cc1. The van der Waals surface area contributed by atoms with Gasteiger partial charge in [-0.05, 0) is 61.0 Å². The summed E-state index contributed by atoms with van der Waals surface area (Å²) >= 11 is 1.51. The molecule has 2 amide bonds. The highest BCUT2D eigenvalue weighted by Crippen LogP contribution is 2.30. The summed E-state index contributed by atoms with van der Waals surface area (Å²) in [6.07, 6.45) is 4.27. The van der Waals surface area contributed by atoms with Gasteiger partial charge in [-0.15, -0.1) is 11.3 Å². The van der Waals surface area contributed by atoms with Crippen LogP contribution in [0.2, 0.25) is 0 Å². The third-order valence-corrected chi connectivity index (χ3v) is 7.03. The van der Waals surface area contributed by atoms with Crippen LogP contribution < -0.4 is 10.2 Å². The van der Waals surface area contributed by atoms with Crippen LogP contribution in [0.5, 0.6) is 0 Å². The van der Waals surface area contributed by atoms with E-state index in [1.54, 1.807) is 36.1 Å². The molecule has 3 aromatic rings. The molecule has 6 nitrogen and oxygen atoms in total. The van der Waals surface area contributed by atoms with E-state index >= 15 is 0 Å². The van der Waals surface area contributed by atoms with Crippen molar-refractivity contribution in [1.29, 1.82) is 0 Å². The summed E-state index contributed by atoms with van der Waals surface area (Å²) in [4.78, 5) is 42.1. The van der Waals surface area contributed by atoms with Gasteiger partial charge in [0.05, 0.1) is 18.6 Å². The second kappa shape index (κ2) is 11.8. The average molecular weight is 491 g/mol. The summed E-state index contributed by atoms with van der Waals surface area (Å²) in [5.41, 5.74) is 1.68. The largest absolute Gasteiger partial charge is 0.462 e. The topological polar surface area (TPSA) is 75.7 Å². The standard InChI is InChI=1S/C28H30N2O4S/c1-2-34-28(33)21-14-16-23(17-15-21)30(25(31)19-24-13-8-18-35-24)26(20-9-4-3-5-10-20)27(32)29-22-11-6-7-12-22/h3-5,8-10,13-18,22,26H,2,6-7,11-12,19H2,1H3,(H,29,32)/t26-/m0/s1. The zero-order chi connectivity index (χ0) is 24.6. The number of hydrogen-bond donors (Lipinski definition) is 1. The number of ether oxygens (including phenoxy) is 1. The van der Waals surface area contributed by atoms with E-state index in [4.69, 9.17) is 4.74 Å². The van der Waals surface area contributed by atoms with Crippen molar-refractivity contribution in [2.75, 3.05) is 11.5 Å². The summed E-state index contributed by atoms with van der Waals surface area (Å²) in [6.45, 7) is 2.04. The minimum absolute atomic E-state index is 0.120. The molecule has 2 aromatic carbocycles. The molecule has 0 spiro atoms. The maximum Gasteiger partial charge on any atom is 0.338 e. The highest BCUT2D eigenvalue weighted by atomic mass is 32.1. The van der Waals surface area contributed by atoms with Crippen LogP contribution in [0.15, 0.2) is 72.1 Å². The summed E-state index contributed by atoms with van der Waals surface area (Å²) in [5, 5.41) is 5.12. The average Bonchev–Trinajstić information content (AvgIpc) is 3.58. The van der Waals surface area contributed by atoms with E-state index < -0.39 is 12.0 Å². The fourth-order valence-corrected chi connectivity index (χ4v) is 5.16. The van der Waals surface area contributed by atoms with Crippen molar-refractivity contribution in [3.8, 4) is 0 Å². The van der Waals surface area contributed by atoms with Gasteiger partial charge in [-0.25, -0.2) is 4.79 Å². The van der Waals surface area contributed by atoms with Gasteiger partial charge in [0.15, 0.2) is 0 Å². The van der Waals surface area contributed by atoms with E-state index in [0.717, 1.165) is 36.1 Å². The lowest BCUT2D eigenvalue weighted by atomic mass is 10.0. The molecule has 1 atom stereocenters. The first-order valence-corrected chi connectivity index (χ1v) is 12.9. The molecule has 4 rings (SSSR count). The van der Waals surface area contributed by atoms with Gasteiger partial charge < -0.3 is 10.1 Å². The Labute approximate surface area is 209 Å². The quantitative estimate of drug-likeness (QED) is 0.413. The van der Waals surface area contributed by atoms with Gasteiger partial charge >= 0.3 is 5.97 Å². The Morgan fingerprint density at radius 1 is 1.00 bits per heavy atom. The van der Waals surface area contributed by atoms with Gasteiger partial charge in [0.1, 0.15) is 6.04 Å². The van der Waals surface area contributed by atoms with E-state index in [9.17, 15) is 14.4 Å². The van der Waals surface area contributed by atoms with Gasteiger partial charge in [0.25, 0.3) is 0 Å². The Bertz CT molecular complexity index is 1120. The lowest BCUT2D eigenvalue weighted by molar-refractivity contribution is -0.127. The molecule has 0 bridgehead atoms. The van der Waals surface area contributed by atoms with Crippen molar-refractivity contribution >= 4 is 34.8 Å². The number of carbonyl (C=O) groups is 3. The number of rotatable bonds is 9. The number of nitrogens with zero attached hydrogens (tertiary/aromatic N) is 1. The fraction of sp³-hybridized carbons (Fsp3) is 0.321. The van der Waals surface area contributed by atoms with Crippen LogP contribution in [-0.4, -0.2) is 30.4 Å². The first kappa shape index (κ1) is 24.7. The molecule has 7 heteroatoms. The van der Waals surface area contributed by atoms with Crippen molar-refractivity contribution in [3.05, 3.63) is 88.1 Å². The smallest absolute Gasteiger partial charge is 0.338 e. The van der Waals surface area contributed by atoms with Crippen LogP contribution in [0, 0.1) is 0 Å². The molecule has 1 aliphatic rings. The molecule has 0 radical (unpaired) electrons. The summed E-state index contributed by atoms with van der Waals surface area (Å²) < 4.78 is 5.09. The maximum atomic E-state index is 13.7. The number of amides is 2. The first-order valence-electron chi connectivity index (χ1n) is 12.0. The second-order valence-corrected chi connectivity index (χ2v) is 9.62. The number of hydrogen-bond acceptors (Lipinski definition) is 5. The van der Waals surface area contributed by atoms with Gasteiger partial charge in [-0.1, -0.05) is 49.2 Å². The third-order valence-electron chi connectivity index (χ3n) is 6.15. The number of nitrogens with one attached hydrogen (secondary N) is 1. The molecule has 1 heterocycles. The van der Waals surface area contributed by atoms with Gasteiger partial charge in [0, 0.05) is 16.6 Å². The van der Waals surface area contributed by atoms with Crippen LogP contribution in [0.4, 0.5) is 5.69 Å². The van der Waals surface area contributed by atoms with Crippen LogP contribution >= 0.6 is 11.3 Å². The Balaban J connectivity index is 1.72. The molecule has 1 aliphatic carbocycles. The lowest BCUT2D eigenvalue weighted by Gasteiger charge is -2.32. The van der Waals surface area contributed by atoms with Crippen molar-refractivity contribution in [2.45, 2.75) is 51.1 Å². The zero-order valence-corrected chi connectivity index (χ0v) is 20.6. The number of esters is 1. The van der Waals surface area contributed by atoms with Crippen LogP contribution in [0.25, 0.3) is 0 Å². The maximum absolute atomic E-state index is 13.7. The van der Waals surface area contributed by atoms with Crippen molar-refractivity contribution in [1.82, 2.24) is 5.32 Å². The molecule has 0 saturated heterocycles. The summed E-state index contributed by atoms with van der Waals surface area (Å²) in [7, 11) is 0.